The molecular formula is C6H7NO3. The van der Waals surface area contributed by atoms with Crippen LogP contribution in [0.1, 0.15) is 6.42 Å². The average molecular weight is 141 g/mol. The van der Waals surface area contributed by atoms with Crippen LogP contribution in [0.3, 0.4) is 0 Å². The van der Waals surface area contributed by atoms with E-state index in [1.54, 1.807) is 24.6 Å². The number of hydroxylamine groups is 2. The molecule has 1 aliphatic rings. The molecule has 54 valence electrons. The number of allylic oxidation sites excluding steroid dienone is 2. The normalized spacial score (nSPS) is 15.4. The van der Waals surface area contributed by atoms with Crippen molar-refractivity contribution in [1.29, 1.82) is 0 Å². The fourth-order valence-electron chi connectivity index (χ4n) is 0.609. The summed E-state index contributed by atoms with van der Waals surface area (Å²) in [7, 11) is 0. The molecule has 0 unspecified atom stereocenters. The molecule has 4 heteroatoms. The number of hydrogen-bond acceptors (Lipinski definition) is 3. The highest BCUT2D eigenvalue weighted by Gasteiger charge is 2.02. The van der Waals surface area contributed by atoms with Gasteiger partial charge in [0.15, 0.2) is 0 Å². The van der Waals surface area contributed by atoms with Gasteiger partial charge in [-0.15, -0.1) is 0 Å². The Morgan fingerprint density at radius 3 is 2.60 bits per heavy atom. The van der Waals surface area contributed by atoms with Gasteiger partial charge in [-0.05, 0) is 6.42 Å². The molecule has 0 fully saturated rings. The van der Waals surface area contributed by atoms with Crippen molar-refractivity contribution in [3.8, 4) is 0 Å². The van der Waals surface area contributed by atoms with Crippen molar-refractivity contribution in [2.24, 2.45) is 0 Å². The molecule has 0 aromatic carbocycles. The zero-order chi connectivity index (χ0) is 7.40. The van der Waals surface area contributed by atoms with E-state index in [1.165, 1.54) is 0 Å². The SMILES string of the molecule is O=C(O)ON1C=CCC=C1. The summed E-state index contributed by atoms with van der Waals surface area (Å²) in [5.74, 6) is 0. The van der Waals surface area contributed by atoms with Gasteiger partial charge in [0.2, 0.25) is 0 Å². The summed E-state index contributed by atoms with van der Waals surface area (Å²) in [6.07, 6.45) is 6.20. The lowest BCUT2D eigenvalue weighted by Crippen LogP contribution is -2.16. The van der Waals surface area contributed by atoms with Crippen LogP contribution in [0.15, 0.2) is 24.6 Å². The largest absolute Gasteiger partial charge is 0.531 e. The Balaban J connectivity index is 2.40. The molecule has 0 bridgehead atoms. The molecular weight excluding hydrogens is 134 g/mol. The van der Waals surface area contributed by atoms with Gasteiger partial charge in [-0.3, -0.25) is 0 Å². The fraction of sp³-hybridized carbons (Fsp3) is 0.167. The van der Waals surface area contributed by atoms with E-state index in [0.29, 0.717) is 0 Å². The molecule has 0 saturated heterocycles. The number of nitrogens with zero attached hydrogens (tertiary/aromatic N) is 1. The Kier molecular flexibility index (Phi) is 1.94. The second kappa shape index (κ2) is 2.91. The molecule has 4 nitrogen and oxygen atoms in total. The molecule has 1 aliphatic heterocycles. The minimum atomic E-state index is -1.31. The highest BCUT2D eigenvalue weighted by Crippen LogP contribution is 2.02. The van der Waals surface area contributed by atoms with Crippen molar-refractivity contribution in [3.05, 3.63) is 24.6 Å². The van der Waals surface area contributed by atoms with Gasteiger partial charge in [-0.25, -0.2) is 4.79 Å². The summed E-state index contributed by atoms with van der Waals surface area (Å²) >= 11 is 0. The number of rotatable bonds is 1. The van der Waals surface area contributed by atoms with Gasteiger partial charge in [0.05, 0.1) is 0 Å². The van der Waals surface area contributed by atoms with Crippen LogP contribution in [0.5, 0.6) is 0 Å². The molecule has 0 saturated carbocycles. The lowest BCUT2D eigenvalue weighted by atomic mass is 10.3. The Hall–Kier alpha value is -1.45. The fourth-order valence-corrected chi connectivity index (χ4v) is 0.609. The average Bonchev–Trinajstić information content (AvgIpc) is 1.88. The second-order valence-electron chi connectivity index (χ2n) is 1.72. The quantitative estimate of drug-likeness (QED) is 0.598. The molecule has 1 heterocycles. The van der Waals surface area contributed by atoms with Gasteiger partial charge >= 0.3 is 6.16 Å². The molecule has 0 aromatic rings. The van der Waals surface area contributed by atoms with Crippen LogP contribution in [0.2, 0.25) is 0 Å². The zero-order valence-electron chi connectivity index (χ0n) is 5.23. The lowest BCUT2D eigenvalue weighted by molar-refractivity contribution is -0.0471. The van der Waals surface area contributed by atoms with Crippen molar-refractivity contribution in [1.82, 2.24) is 5.06 Å². The van der Waals surface area contributed by atoms with Gasteiger partial charge in [0.25, 0.3) is 0 Å². The topological polar surface area (TPSA) is 49.8 Å². The monoisotopic (exact) mass is 141 g/mol. The maximum absolute atomic E-state index is 9.94. The first-order chi connectivity index (χ1) is 4.79. The summed E-state index contributed by atoms with van der Waals surface area (Å²) < 4.78 is 0. The van der Waals surface area contributed by atoms with Gasteiger partial charge in [-0.1, -0.05) is 12.2 Å². The first-order valence-corrected chi connectivity index (χ1v) is 2.81. The highest BCUT2D eigenvalue weighted by molar-refractivity contribution is 5.56. The van der Waals surface area contributed by atoms with E-state index in [2.05, 4.69) is 4.84 Å². The van der Waals surface area contributed by atoms with Crippen LogP contribution >= 0.6 is 0 Å². The first kappa shape index (κ1) is 6.67. The molecule has 0 atom stereocenters. The lowest BCUT2D eigenvalue weighted by Gasteiger charge is -2.13. The van der Waals surface area contributed by atoms with Gasteiger partial charge < -0.3 is 9.94 Å². The van der Waals surface area contributed by atoms with Gasteiger partial charge in [0, 0.05) is 12.4 Å². The molecule has 10 heavy (non-hydrogen) atoms. The molecule has 0 aromatic heterocycles. The Labute approximate surface area is 58.0 Å². The van der Waals surface area contributed by atoms with Gasteiger partial charge in [-0.2, -0.15) is 5.06 Å². The standard InChI is InChI=1S/C6H7NO3/c8-6(9)10-7-4-2-1-3-5-7/h2-5H,1H2,(H,8,9). The maximum Gasteiger partial charge on any atom is 0.531 e. The predicted molar refractivity (Wildman–Crippen MR) is 33.8 cm³/mol. The molecule has 1 rings (SSSR count). The van der Waals surface area contributed by atoms with Crippen molar-refractivity contribution < 1.29 is 14.7 Å². The van der Waals surface area contributed by atoms with Crippen molar-refractivity contribution >= 4 is 6.16 Å². The van der Waals surface area contributed by atoms with E-state index in [-0.39, 0.29) is 0 Å². The van der Waals surface area contributed by atoms with Crippen LogP contribution in [-0.2, 0) is 4.84 Å². The summed E-state index contributed by atoms with van der Waals surface area (Å²) in [5, 5.41) is 9.26. The predicted octanol–water partition coefficient (Wildman–Crippen LogP) is 1.33. The maximum atomic E-state index is 9.94. The molecule has 1 N–H and O–H groups in total. The van der Waals surface area contributed by atoms with E-state index < -0.39 is 6.16 Å². The Morgan fingerprint density at radius 1 is 1.50 bits per heavy atom. The van der Waals surface area contributed by atoms with Crippen molar-refractivity contribution in [2.45, 2.75) is 6.42 Å². The number of hydrogen-bond donors (Lipinski definition) is 1. The molecule has 0 aliphatic carbocycles. The van der Waals surface area contributed by atoms with E-state index in [4.69, 9.17) is 5.11 Å². The van der Waals surface area contributed by atoms with E-state index in [1.807, 2.05) is 0 Å². The van der Waals surface area contributed by atoms with Crippen molar-refractivity contribution in [2.75, 3.05) is 0 Å². The van der Waals surface area contributed by atoms with Crippen molar-refractivity contribution in [3.63, 3.8) is 0 Å². The second-order valence-corrected chi connectivity index (χ2v) is 1.72. The molecule has 0 spiro atoms. The van der Waals surface area contributed by atoms with E-state index >= 15 is 0 Å². The molecule has 0 amide bonds. The third-order valence-corrected chi connectivity index (χ3v) is 0.960. The van der Waals surface area contributed by atoms with E-state index in [0.717, 1.165) is 11.5 Å². The van der Waals surface area contributed by atoms with E-state index in [9.17, 15) is 4.79 Å². The summed E-state index contributed by atoms with van der Waals surface area (Å²) in [4.78, 5) is 14.2. The Bertz CT molecular complexity index is 173. The number of carbonyl (C=O) groups is 1. The summed E-state index contributed by atoms with van der Waals surface area (Å²) in [6.45, 7) is 0. The summed E-state index contributed by atoms with van der Waals surface area (Å²) in [6, 6.07) is 0. The highest BCUT2D eigenvalue weighted by atomic mass is 16.8. The summed E-state index contributed by atoms with van der Waals surface area (Å²) in [5.41, 5.74) is 0. The minimum absolute atomic E-state index is 0.819. The minimum Gasteiger partial charge on any atom is -0.448 e. The smallest absolute Gasteiger partial charge is 0.448 e. The van der Waals surface area contributed by atoms with Gasteiger partial charge in [0.1, 0.15) is 0 Å². The third-order valence-electron chi connectivity index (χ3n) is 0.960. The van der Waals surface area contributed by atoms with Crippen LogP contribution in [0.25, 0.3) is 0 Å². The van der Waals surface area contributed by atoms with Crippen LogP contribution in [0.4, 0.5) is 4.79 Å². The van der Waals surface area contributed by atoms with Crippen LogP contribution in [0, 0.1) is 0 Å². The van der Waals surface area contributed by atoms with Crippen LogP contribution in [-0.4, -0.2) is 16.3 Å². The molecule has 0 radical (unpaired) electrons. The Morgan fingerprint density at radius 2 is 2.10 bits per heavy atom. The first-order valence-electron chi connectivity index (χ1n) is 2.81. The third kappa shape index (κ3) is 1.81. The zero-order valence-corrected chi connectivity index (χ0v) is 5.23. The number of carboxylic acid groups (broad SMARTS) is 1. The van der Waals surface area contributed by atoms with Crippen LogP contribution < -0.4 is 0 Å².